The van der Waals surface area contributed by atoms with Crippen LogP contribution in [0.15, 0.2) is 17.5 Å². The molecule has 0 aliphatic heterocycles. The molecule has 1 aromatic carbocycles. The summed E-state index contributed by atoms with van der Waals surface area (Å²) in [4.78, 5) is 14.5. The van der Waals surface area contributed by atoms with Crippen molar-refractivity contribution in [1.82, 2.24) is 4.98 Å². The van der Waals surface area contributed by atoms with Gasteiger partial charge in [-0.15, -0.1) is 11.3 Å². The summed E-state index contributed by atoms with van der Waals surface area (Å²) in [6.07, 6.45) is 0. The molecule has 1 N–H and O–H groups in total. The number of aromatic nitrogens is 1. The molecule has 1 atom stereocenters. The lowest BCUT2D eigenvalue weighted by atomic mass is 10.2. The lowest BCUT2D eigenvalue weighted by Gasteiger charge is -2.14. The van der Waals surface area contributed by atoms with Gasteiger partial charge in [-0.2, -0.15) is 0 Å². The number of anilines is 1. The number of nitrogens with zero attached hydrogens (tertiary/aromatic N) is 2. The molecule has 8 heteroatoms. The van der Waals surface area contributed by atoms with Gasteiger partial charge in [0.2, 0.25) is 0 Å². The van der Waals surface area contributed by atoms with E-state index >= 15 is 0 Å². The Kier molecular flexibility index (Phi) is 4.37. The van der Waals surface area contributed by atoms with Crippen LogP contribution in [0.25, 0.3) is 0 Å². The van der Waals surface area contributed by atoms with Crippen LogP contribution < -0.4 is 10.1 Å². The van der Waals surface area contributed by atoms with Crippen molar-refractivity contribution in [2.75, 3.05) is 12.4 Å². The van der Waals surface area contributed by atoms with Crippen LogP contribution in [-0.4, -0.2) is 17.0 Å². The second kappa shape index (κ2) is 6.04. The second-order valence-electron chi connectivity index (χ2n) is 4.45. The topological polar surface area (TPSA) is 77.3 Å². The van der Waals surface area contributed by atoms with Gasteiger partial charge in [-0.05, 0) is 13.8 Å². The van der Waals surface area contributed by atoms with Crippen molar-refractivity contribution in [2.45, 2.75) is 19.9 Å². The summed E-state index contributed by atoms with van der Waals surface area (Å²) in [5.41, 5.74) is 0.626. The second-order valence-corrected chi connectivity index (χ2v) is 5.34. The van der Waals surface area contributed by atoms with Crippen molar-refractivity contribution in [3.05, 3.63) is 44.1 Å². The van der Waals surface area contributed by atoms with E-state index in [1.807, 2.05) is 19.2 Å². The highest BCUT2D eigenvalue weighted by molar-refractivity contribution is 7.09. The Morgan fingerprint density at radius 2 is 2.24 bits per heavy atom. The van der Waals surface area contributed by atoms with Crippen LogP contribution >= 0.6 is 11.3 Å². The van der Waals surface area contributed by atoms with Crippen molar-refractivity contribution < 1.29 is 14.1 Å². The Labute approximate surface area is 124 Å². The van der Waals surface area contributed by atoms with E-state index in [1.165, 1.54) is 24.5 Å². The van der Waals surface area contributed by atoms with Crippen molar-refractivity contribution >= 4 is 22.7 Å². The third-order valence-corrected chi connectivity index (χ3v) is 3.99. The van der Waals surface area contributed by atoms with E-state index in [0.29, 0.717) is 0 Å². The van der Waals surface area contributed by atoms with Crippen LogP contribution in [-0.2, 0) is 0 Å². The van der Waals surface area contributed by atoms with E-state index in [-0.39, 0.29) is 17.5 Å². The molecule has 6 nitrogen and oxygen atoms in total. The van der Waals surface area contributed by atoms with Gasteiger partial charge in [-0.25, -0.2) is 9.37 Å². The first-order valence-electron chi connectivity index (χ1n) is 6.13. The van der Waals surface area contributed by atoms with Crippen LogP contribution in [0.4, 0.5) is 15.8 Å². The van der Waals surface area contributed by atoms with Crippen LogP contribution in [0.5, 0.6) is 5.75 Å². The fourth-order valence-electron chi connectivity index (χ4n) is 1.83. The molecular weight excluding hydrogens is 297 g/mol. The minimum Gasteiger partial charge on any atom is -0.490 e. The predicted molar refractivity (Wildman–Crippen MR) is 78.5 cm³/mol. The van der Waals surface area contributed by atoms with Crippen molar-refractivity contribution in [3.63, 3.8) is 0 Å². The van der Waals surface area contributed by atoms with Crippen LogP contribution in [0.3, 0.4) is 0 Å². The van der Waals surface area contributed by atoms with Gasteiger partial charge >= 0.3 is 5.69 Å². The van der Waals surface area contributed by atoms with Crippen LogP contribution in [0.2, 0.25) is 0 Å². The average Bonchev–Trinajstić information content (AvgIpc) is 2.87. The Morgan fingerprint density at radius 3 is 2.76 bits per heavy atom. The summed E-state index contributed by atoms with van der Waals surface area (Å²) >= 11 is 1.47. The fourth-order valence-corrected chi connectivity index (χ4v) is 2.63. The standard InChI is InChI=1S/C13H14FN3O3S/c1-7-6-21-13(15-7)8(2)16-10-5-12(20-3)11(17(18)19)4-9(10)14/h4-6,8,16H,1-3H3. The monoisotopic (exact) mass is 311 g/mol. The highest BCUT2D eigenvalue weighted by atomic mass is 32.1. The molecule has 1 heterocycles. The molecule has 0 bridgehead atoms. The quantitative estimate of drug-likeness (QED) is 0.673. The first-order chi connectivity index (χ1) is 9.92. The first-order valence-corrected chi connectivity index (χ1v) is 7.00. The first kappa shape index (κ1) is 15.2. The van der Waals surface area contributed by atoms with Gasteiger partial charge < -0.3 is 10.1 Å². The zero-order valence-corrected chi connectivity index (χ0v) is 12.5. The number of methoxy groups -OCH3 is 1. The van der Waals surface area contributed by atoms with Crippen LogP contribution in [0, 0.1) is 22.9 Å². The van der Waals surface area contributed by atoms with Gasteiger partial charge in [0.25, 0.3) is 0 Å². The van der Waals surface area contributed by atoms with E-state index in [4.69, 9.17) is 4.74 Å². The molecule has 0 amide bonds. The lowest BCUT2D eigenvalue weighted by molar-refractivity contribution is -0.385. The summed E-state index contributed by atoms with van der Waals surface area (Å²) in [5, 5.41) is 16.5. The number of nitrogens with one attached hydrogen (secondary N) is 1. The molecule has 1 unspecified atom stereocenters. The molecule has 0 aliphatic rings. The highest BCUT2D eigenvalue weighted by Gasteiger charge is 2.20. The van der Waals surface area contributed by atoms with E-state index < -0.39 is 16.4 Å². The minimum absolute atomic E-state index is 0.00594. The lowest BCUT2D eigenvalue weighted by Crippen LogP contribution is -2.08. The minimum atomic E-state index is -0.706. The van der Waals surface area contributed by atoms with Gasteiger partial charge in [-0.3, -0.25) is 10.1 Å². The Balaban J connectivity index is 2.30. The van der Waals surface area contributed by atoms with Gasteiger partial charge in [-0.1, -0.05) is 0 Å². The summed E-state index contributed by atoms with van der Waals surface area (Å²) < 4.78 is 18.9. The molecule has 0 spiro atoms. The molecule has 0 saturated heterocycles. The third-order valence-electron chi connectivity index (χ3n) is 2.84. The number of nitro benzene ring substituents is 1. The molecule has 2 rings (SSSR count). The van der Waals surface area contributed by atoms with Crippen molar-refractivity contribution in [1.29, 1.82) is 0 Å². The van der Waals surface area contributed by atoms with E-state index in [9.17, 15) is 14.5 Å². The summed E-state index contributed by atoms with van der Waals surface area (Å²) in [7, 11) is 1.30. The number of rotatable bonds is 5. The Bertz CT molecular complexity index is 675. The third kappa shape index (κ3) is 3.27. The molecule has 2 aromatic rings. The van der Waals surface area contributed by atoms with Gasteiger partial charge in [0.1, 0.15) is 5.01 Å². The van der Waals surface area contributed by atoms with Crippen molar-refractivity contribution in [3.8, 4) is 5.75 Å². The van der Waals surface area contributed by atoms with Gasteiger partial charge in [0, 0.05) is 17.1 Å². The number of nitro groups is 1. The molecule has 0 aliphatic carbocycles. The molecule has 0 saturated carbocycles. The average molecular weight is 311 g/mol. The molecule has 0 radical (unpaired) electrons. The normalized spacial score (nSPS) is 12.0. The number of hydrogen-bond donors (Lipinski definition) is 1. The maximum atomic E-state index is 14.0. The van der Waals surface area contributed by atoms with E-state index in [1.54, 1.807) is 0 Å². The summed E-state index contributed by atoms with van der Waals surface area (Å²) in [6, 6.07) is 1.91. The Hall–Kier alpha value is -2.22. The largest absolute Gasteiger partial charge is 0.490 e. The zero-order valence-electron chi connectivity index (χ0n) is 11.7. The summed E-state index contributed by atoms with van der Waals surface area (Å²) in [6.45, 7) is 3.72. The zero-order chi connectivity index (χ0) is 15.6. The predicted octanol–water partition coefficient (Wildman–Crippen LogP) is 3.68. The Morgan fingerprint density at radius 1 is 1.52 bits per heavy atom. The molecular formula is C13H14FN3O3S. The molecule has 1 aromatic heterocycles. The number of halogens is 1. The number of ether oxygens (including phenoxy) is 1. The van der Waals surface area contributed by atoms with Gasteiger partial charge in [0.15, 0.2) is 11.6 Å². The number of hydrogen-bond acceptors (Lipinski definition) is 6. The van der Waals surface area contributed by atoms with Crippen molar-refractivity contribution in [2.24, 2.45) is 0 Å². The number of benzene rings is 1. The highest BCUT2D eigenvalue weighted by Crippen LogP contribution is 2.34. The van der Waals surface area contributed by atoms with E-state index in [2.05, 4.69) is 10.3 Å². The fraction of sp³-hybridized carbons (Fsp3) is 0.308. The smallest absolute Gasteiger partial charge is 0.313 e. The summed E-state index contributed by atoms with van der Waals surface area (Å²) in [5.74, 6) is -0.700. The number of thiazole rings is 1. The van der Waals surface area contributed by atoms with Gasteiger partial charge in [0.05, 0.1) is 29.8 Å². The van der Waals surface area contributed by atoms with Crippen LogP contribution in [0.1, 0.15) is 23.7 Å². The van der Waals surface area contributed by atoms with E-state index in [0.717, 1.165) is 16.8 Å². The number of aryl methyl sites for hydroxylation is 1. The molecule has 21 heavy (non-hydrogen) atoms. The SMILES string of the molecule is COc1cc(NC(C)c2nc(C)cs2)c(F)cc1[N+](=O)[O-]. The molecule has 0 fully saturated rings. The maximum absolute atomic E-state index is 14.0. The molecule has 112 valence electrons. The maximum Gasteiger partial charge on any atom is 0.313 e.